The molecule has 0 saturated carbocycles. The zero-order chi connectivity index (χ0) is 8.39. The smallest absolute Gasteiger partial charge is 0.220 e. The van der Waals surface area contributed by atoms with Crippen LogP contribution in [0.3, 0.4) is 0 Å². The van der Waals surface area contributed by atoms with Gasteiger partial charge in [0.1, 0.15) is 5.69 Å². The highest BCUT2D eigenvalue weighted by Gasteiger charge is 2.02. The highest BCUT2D eigenvalue weighted by atomic mass is 16.3. The van der Waals surface area contributed by atoms with Gasteiger partial charge in [-0.3, -0.25) is 0 Å². The summed E-state index contributed by atoms with van der Waals surface area (Å²) < 4.78 is 5.02. The molecule has 0 unspecified atom stereocenters. The van der Waals surface area contributed by atoms with Crippen LogP contribution >= 0.6 is 0 Å². The highest BCUT2D eigenvalue weighted by molar-refractivity contribution is 5.50. The number of hydrogen-bond acceptors (Lipinski definition) is 5. The Morgan fingerprint density at radius 3 is 3.00 bits per heavy atom. The van der Waals surface area contributed by atoms with Crippen molar-refractivity contribution < 1.29 is 4.42 Å². The molecule has 0 fully saturated rings. The second-order valence-electron chi connectivity index (χ2n) is 2.17. The first-order valence-corrected chi connectivity index (χ1v) is 3.33. The van der Waals surface area contributed by atoms with Gasteiger partial charge in [-0.1, -0.05) is 0 Å². The Labute approximate surface area is 68.3 Å². The van der Waals surface area contributed by atoms with Crippen molar-refractivity contribution in [1.29, 1.82) is 0 Å². The van der Waals surface area contributed by atoms with Crippen LogP contribution in [0.1, 0.15) is 0 Å². The molecule has 2 N–H and O–H groups in total. The van der Waals surface area contributed by atoms with Gasteiger partial charge in [0.25, 0.3) is 0 Å². The van der Waals surface area contributed by atoms with Crippen LogP contribution in [0.4, 0.5) is 5.95 Å². The Balaban J connectivity index is 2.48. The van der Waals surface area contributed by atoms with E-state index in [1.54, 1.807) is 18.5 Å². The SMILES string of the molecule is Nc1nccc(-c2cnco2)n1. The van der Waals surface area contributed by atoms with Crippen molar-refractivity contribution in [1.82, 2.24) is 15.0 Å². The Bertz CT molecular complexity index is 371. The van der Waals surface area contributed by atoms with E-state index in [0.717, 1.165) is 0 Å². The molecule has 0 aromatic carbocycles. The lowest BCUT2D eigenvalue weighted by Gasteiger charge is -1.94. The van der Waals surface area contributed by atoms with E-state index >= 15 is 0 Å². The number of oxazole rings is 1. The summed E-state index contributed by atoms with van der Waals surface area (Å²) in [5.74, 6) is 0.813. The molecular weight excluding hydrogens is 156 g/mol. The van der Waals surface area contributed by atoms with Crippen LogP contribution in [0.5, 0.6) is 0 Å². The summed E-state index contributed by atoms with van der Waals surface area (Å²) >= 11 is 0. The normalized spacial score (nSPS) is 10.0. The lowest BCUT2D eigenvalue weighted by atomic mass is 10.3. The van der Waals surface area contributed by atoms with E-state index in [-0.39, 0.29) is 5.95 Å². The van der Waals surface area contributed by atoms with Crippen molar-refractivity contribution >= 4 is 5.95 Å². The summed E-state index contributed by atoms with van der Waals surface area (Å²) in [5.41, 5.74) is 6.02. The molecule has 0 aliphatic carbocycles. The molecule has 0 amide bonds. The van der Waals surface area contributed by atoms with Gasteiger partial charge in [-0.15, -0.1) is 0 Å². The predicted octanol–water partition coefficient (Wildman–Crippen LogP) is 0.714. The Kier molecular flexibility index (Phi) is 1.48. The molecule has 2 aromatic heterocycles. The number of nitrogens with two attached hydrogens (primary N) is 1. The zero-order valence-corrected chi connectivity index (χ0v) is 6.14. The lowest BCUT2D eigenvalue weighted by Crippen LogP contribution is -1.94. The number of anilines is 1. The molecule has 0 spiro atoms. The van der Waals surface area contributed by atoms with E-state index < -0.39 is 0 Å². The van der Waals surface area contributed by atoms with Crippen LogP contribution in [0.25, 0.3) is 11.5 Å². The molecule has 0 aliphatic heterocycles. The quantitative estimate of drug-likeness (QED) is 0.668. The topological polar surface area (TPSA) is 77.8 Å². The fourth-order valence-electron chi connectivity index (χ4n) is 0.853. The summed E-state index contributed by atoms with van der Waals surface area (Å²) in [6.07, 6.45) is 4.48. The highest BCUT2D eigenvalue weighted by Crippen LogP contribution is 2.14. The van der Waals surface area contributed by atoms with Gasteiger partial charge in [0.05, 0.1) is 6.20 Å². The third kappa shape index (κ3) is 1.12. The third-order valence-electron chi connectivity index (χ3n) is 1.36. The molecule has 0 atom stereocenters. The monoisotopic (exact) mass is 162 g/mol. The van der Waals surface area contributed by atoms with Crippen LogP contribution < -0.4 is 5.73 Å². The molecule has 12 heavy (non-hydrogen) atoms. The van der Waals surface area contributed by atoms with E-state index in [4.69, 9.17) is 10.2 Å². The molecule has 0 radical (unpaired) electrons. The fourth-order valence-corrected chi connectivity index (χ4v) is 0.853. The van der Waals surface area contributed by atoms with Crippen LogP contribution in [-0.2, 0) is 0 Å². The summed E-state index contributed by atoms with van der Waals surface area (Å²) in [7, 11) is 0. The molecule has 2 rings (SSSR count). The van der Waals surface area contributed by atoms with Gasteiger partial charge in [0, 0.05) is 6.20 Å². The Morgan fingerprint density at radius 2 is 2.33 bits per heavy atom. The van der Waals surface area contributed by atoms with Gasteiger partial charge in [-0.25, -0.2) is 15.0 Å². The van der Waals surface area contributed by atoms with Crippen LogP contribution in [0.2, 0.25) is 0 Å². The molecule has 5 nitrogen and oxygen atoms in total. The number of nitrogen functional groups attached to an aromatic ring is 1. The maximum absolute atomic E-state index is 5.38. The van der Waals surface area contributed by atoms with E-state index in [1.165, 1.54) is 6.39 Å². The fraction of sp³-hybridized carbons (Fsp3) is 0. The van der Waals surface area contributed by atoms with Crippen LogP contribution in [0.15, 0.2) is 29.3 Å². The maximum Gasteiger partial charge on any atom is 0.220 e. The second kappa shape index (κ2) is 2.61. The molecular formula is C7H6N4O. The van der Waals surface area contributed by atoms with Crippen molar-refractivity contribution in [2.45, 2.75) is 0 Å². The molecule has 0 aliphatic rings. The second-order valence-corrected chi connectivity index (χ2v) is 2.17. The minimum Gasteiger partial charge on any atom is -0.442 e. The molecule has 2 aromatic rings. The molecule has 5 heteroatoms. The molecule has 2 heterocycles. The van der Waals surface area contributed by atoms with Gasteiger partial charge in [0.2, 0.25) is 5.95 Å². The van der Waals surface area contributed by atoms with Crippen molar-refractivity contribution in [3.63, 3.8) is 0 Å². The number of hydrogen-bond donors (Lipinski definition) is 1. The first-order chi connectivity index (χ1) is 5.86. The standard InChI is InChI=1S/C7H6N4O/c8-7-10-2-1-5(11-7)6-3-9-4-12-6/h1-4H,(H2,8,10,11). The lowest BCUT2D eigenvalue weighted by molar-refractivity contribution is 0.570. The van der Waals surface area contributed by atoms with Crippen molar-refractivity contribution in [2.75, 3.05) is 5.73 Å². The Hall–Kier alpha value is -1.91. The van der Waals surface area contributed by atoms with Crippen LogP contribution in [-0.4, -0.2) is 15.0 Å². The first-order valence-electron chi connectivity index (χ1n) is 3.33. The molecule has 0 saturated heterocycles. The van der Waals surface area contributed by atoms with Gasteiger partial charge in [0.15, 0.2) is 12.2 Å². The first kappa shape index (κ1) is 6.78. The summed E-state index contributed by atoms with van der Waals surface area (Å²) in [5, 5.41) is 0. The zero-order valence-electron chi connectivity index (χ0n) is 6.14. The predicted molar refractivity (Wildman–Crippen MR) is 41.9 cm³/mol. The minimum atomic E-state index is 0.226. The summed E-state index contributed by atoms with van der Waals surface area (Å²) in [6.45, 7) is 0. The average Bonchev–Trinajstić information content (AvgIpc) is 2.56. The van der Waals surface area contributed by atoms with E-state index in [9.17, 15) is 0 Å². The van der Waals surface area contributed by atoms with Crippen molar-refractivity contribution in [2.24, 2.45) is 0 Å². The minimum absolute atomic E-state index is 0.226. The van der Waals surface area contributed by atoms with Crippen molar-refractivity contribution in [3.8, 4) is 11.5 Å². The largest absolute Gasteiger partial charge is 0.442 e. The summed E-state index contributed by atoms with van der Waals surface area (Å²) in [4.78, 5) is 11.5. The summed E-state index contributed by atoms with van der Waals surface area (Å²) in [6, 6.07) is 1.71. The van der Waals surface area contributed by atoms with Gasteiger partial charge in [-0.2, -0.15) is 0 Å². The van der Waals surface area contributed by atoms with Crippen LogP contribution in [0, 0.1) is 0 Å². The van der Waals surface area contributed by atoms with Gasteiger partial charge < -0.3 is 10.2 Å². The average molecular weight is 162 g/mol. The maximum atomic E-state index is 5.38. The number of nitrogens with zero attached hydrogens (tertiary/aromatic N) is 3. The van der Waals surface area contributed by atoms with Gasteiger partial charge >= 0.3 is 0 Å². The van der Waals surface area contributed by atoms with E-state index in [0.29, 0.717) is 11.5 Å². The Morgan fingerprint density at radius 1 is 1.42 bits per heavy atom. The number of rotatable bonds is 1. The molecule has 60 valence electrons. The van der Waals surface area contributed by atoms with E-state index in [1.807, 2.05) is 0 Å². The van der Waals surface area contributed by atoms with Crippen molar-refractivity contribution in [3.05, 3.63) is 24.9 Å². The van der Waals surface area contributed by atoms with E-state index in [2.05, 4.69) is 15.0 Å². The third-order valence-corrected chi connectivity index (χ3v) is 1.36. The number of aromatic nitrogens is 3. The molecule has 0 bridgehead atoms. The van der Waals surface area contributed by atoms with Gasteiger partial charge in [-0.05, 0) is 6.07 Å².